The van der Waals surface area contributed by atoms with Crippen molar-refractivity contribution in [3.05, 3.63) is 48.2 Å². The molecule has 0 radical (unpaired) electrons. The second-order valence-corrected chi connectivity index (χ2v) is 12.2. The van der Waals surface area contributed by atoms with Gasteiger partial charge >= 0.3 is 0 Å². The lowest BCUT2D eigenvalue weighted by molar-refractivity contribution is -0.145. The number of carbonyl (C=O) groups is 1. The van der Waals surface area contributed by atoms with Crippen LogP contribution in [0.3, 0.4) is 0 Å². The van der Waals surface area contributed by atoms with Crippen molar-refractivity contribution in [3.63, 3.8) is 0 Å². The molecule has 1 heterocycles. The highest BCUT2D eigenvalue weighted by molar-refractivity contribution is 6.73. The summed E-state index contributed by atoms with van der Waals surface area (Å²) in [6, 6.07) is 13.2. The van der Waals surface area contributed by atoms with E-state index in [9.17, 15) is 4.79 Å². The average molecular weight is 391 g/mol. The summed E-state index contributed by atoms with van der Waals surface area (Å²) in [5, 5.41) is 0. The molecular weight excluding hydrogens is 356 g/mol. The van der Waals surface area contributed by atoms with Crippen LogP contribution >= 0.6 is 0 Å². The molecule has 0 aliphatic carbocycles. The highest BCUT2D eigenvalue weighted by Crippen LogP contribution is 2.32. The standard InChI is InChI=1S/C22H34O4Si/c1-6-27(7-2,8-3)26-20-14-15-24-21(17(20)4)22(18(5)23)25-16-19-12-10-9-11-13-19/h9-15,17,20-22H,6-8,16H2,1-5H3/t17-,20+,21-,22-/m1/s1. The summed E-state index contributed by atoms with van der Waals surface area (Å²) in [5.74, 6) is 0.0398. The van der Waals surface area contributed by atoms with E-state index in [1.165, 1.54) is 0 Å². The van der Waals surface area contributed by atoms with Crippen LogP contribution in [0.25, 0.3) is 0 Å². The molecule has 0 saturated heterocycles. The minimum Gasteiger partial charge on any atom is -0.495 e. The fourth-order valence-electron chi connectivity index (χ4n) is 3.69. The van der Waals surface area contributed by atoms with Crippen LogP contribution in [0.5, 0.6) is 0 Å². The van der Waals surface area contributed by atoms with E-state index >= 15 is 0 Å². The normalized spacial score (nSPS) is 23.7. The van der Waals surface area contributed by atoms with E-state index in [1.54, 1.807) is 13.2 Å². The largest absolute Gasteiger partial charge is 0.495 e. The van der Waals surface area contributed by atoms with Crippen LogP contribution in [0.1, 0.15) is 40.2 Å². The predicted octanol–water partition coefficient (Wildman–Crippen LogP) is 5.10. The monoisotopic (exact) mass is 390 g/mol. The topological polar surface area (TPSA) is 44.8 Å². The Morgan fingerprint density at radius 1 is 1.15 bits per heavy atom. The Morgan fingerprint density at radius 3 is 2.33 bits per heavy atom. The Morgan fingerprint density at radius 2 is 1.78 bits per heavy atom. The quantitative estimate of drug-likeness (QED) is 0.521. The first-order chi connectivity index (χ1) is 13.0. The van der Waals surface area contributed by atoms with E-state index in [4.69, 9.17) is 13.9 Å². The Hall–Kier alpha value is -1.43. The Bertz CT molecular complexity index is 604. The lowest BCUT2D eigenvalue weighted by Crippen LogP contribution is -2.50. The molecule has 0 saturated carbocycles. The van der Waals surface area contributed by atoms with Crippen LogP contribution in [-0.4, -0.2) is 32.4 Å². The third-order valence-electron chi connectivity index (χ3n) is 5.83. The third-order valence-corrected chi connectivity index (χ3v) is 10.5. The minimum atomic E-state index is -1.74. The van der Waals surface area contributed by atoms with Gasteiger partial charge in [0.1, 0.15) is 6.10 Å². The molecule has 0 bridgehead atoms. The highest BCUT2D eigenvalue weighted by Gasteiger charge is 2.41. The highest BCUT2D eigenvalue weighted by atomic mass is 28.4. The zero-order valence-electron chi connectivity index (χ0n) is 17.3. The fraction of sp³-hybridized carbons (Fsp3) is 0.591. The van der Waals surface area contributed by atoms with Crippen molar-refractivity contribution >= 4 is 14.1 Å². The second kappa shape index (κ2) is 10.2. The lowest BCUT2D eigenvalue weighted by atomic mass is 9.91. The van der Waals surface area contributed by atoms with Crippen LogP contribution in [0.2, 0.25) is 18.1 Å². The molecule has 150 valence electrons. The Labute approximate surface area is 165 Å². The summed E-state index contributed by atoms with van der Waals surface area (Å²) in [5.41, 5.74) is 1.05. The Kier molecular flexibility index (Phi) is 8.26. The SMILES string of the molecule is CC[Si](CC)(CC)O[C@H]1C=CO[C@@H]([C@H](OCc2ccccc2)C(C)=O)[C@@H]1C. The maximum absolute atomic E-state index is 12.3. The number of rotatable bonds is 10. The number of hydrogen-bond donors (Lipinski definition) is 0. The van der Waals surface area contributed by atoms with Crippen molar-refractivity contribution in [1.82, 2.24) is 0 Å². The first kappa shape index (κ1) is 21.9. The first-order valence-corrected chi connectivity index (χ1v) is 12.6. The molecule has 0 aromatic heterocycles. The molecule has 27 heavy (non-hydrogen) atoms. The van der Waals surface area contributed by atoms with Gasteiger partial charge in [-0.15, -0.1) is 0 Å². The van der Waals surface area contributed by atoms with Crippen LogP contribution in [0.4, 0.5) is 0 Å². The van der Waals surface area contributed by atoms with Crippen molar-refractivity contribution in [1.29, 1.82) is 0 Å². The van der Waals surface area contributed by atoms with Gasteiger partial charge in [-0.05, 0) is 36.7 Å². The maximum Gasteiger partial charge on any atom is 0.192 e. The molecule has 5 heteroatoms. The molecule has 4 atom stereocenters. The number of benzene rings is 1. The summed E-state index contributed by atoms with van der Waals surface area (Å²) in [4.78, 5) is 12.3. The van der Waals surface area contributed by atoms with Crippen molar-refractivity contribution < 1.29 is 18.7 Å². The van der Waals surface area contributed by atoms with Gasteiger partial charge in [-0.25, -0.2) is 0 Å². The van der Waals surface area contributed by atoms with Crippen molar-refractivity contribution in [2.75, 3.05) is 0 Å². The van der Waals surface area contributed by atoms with Gasteiger partial charge in [-0.1, -0.05) is 58.0 Å². The molecule has 1 aromatic rings. The van der Waals surface area contributed by atoms with Crippen molar-refractivity contribution in [3.8, 4) is 0 Å². The van der Waals surface area contributed by atoms with Crippen LogP contribution in [0.15, 0.2) is 42.7 Å². The van der Waals surface area contributed by atoms with E-state index < -0.39 is 14.4 Å². The first-order valence-electron chi connectivity index (χ1n) is 10.1. The summed E-state index contributed by atoms with van der Waals surface area (Å²) >= 11 is 0. The van der Waals surface area contributed by atoms with E-state index in [1.807, 2.05) is 36.4 Å². The lowest BCUT2D eigenvalue weighted by Gasteiger charge is -2.40. The maximum atomic E-state index is 12.3. The van der Waals surface area contributed by atoms with Crippen molar-refractivity contribution in [2.45, 2.75) is 77.7 Å². The minimum absolute atomic E-state index is 0.0122. The predicted molar refractivity (Wildman–Crippen MR) is 111 cm³/mol. The number of ketones is 1. The van der Waals surface area contributed by atoms with E-state index in [0.717, 1.165) is 23.7 Å². The van der Waals surface area contributed by atoms with Gasteiger partial charge in [0.05, 0.1) is 19.0 Å². The molecule has 0 fully saturated rings. The summed E-state index contributed by atoms with van der Waals surface area (Å²) in [6.07, 6.45) is 2.73. The van der Waals surface area contributed by atoms with Gasteiger partial charge in [0.25, 0.3) is 0 Å². The number of Topliss-reactive ketones (excluding diaryl/α,β-unsaturated/α-hetero) is 1. The summed E-state index contributed by atoms with van der Waals surface area (Å²) in [7, 11) is -1.74. The molecule has 1 aliphatic heterocycles. The van der Waals surface area contributed by atoms with Gasteiger partial charge in [0.15, 0.2) is 20.2 Å². The number of carbonyl (C=O) groups excluding carboxylic acids is 1. The van der Waals surface area contributed by atoms with E-state index in [-0.39, 0.29) is 23.9 Å². The molecule has 1 aromatic carbocycles. The molecular formula is C22H34O4Si. The van der Waals surface area contributed by atoms with Crippen molar-refractivity contribution in [2.24, 2.45) is 5.92 Å². The molecule has 2 rings (SSSR count). The van der Waals surface area contributed by atoms with Gasteiger partial charge in [0, 0.05) is 5.92 Å². The fourth-order valence-corrected chi connectivity index (χ4v) is 6.56. The van der Waals surface area contributed by atoms with Gasteiger partial charge in [-0.2, -0.15) is 0 Å². The number of ether oxygens (including phenoxy) is 2. The molecule has 0 amide bonds. The molecule has 0 N–H and O–H groups in total. The zero-order chi connectivity index (χ0) is 19.9. The average Bonchev–Trinajstić information content (AvgIpc) is 2.69. The molecule has 0 unspecified atom stereocenters. The van der Waals surface area contributed by atoms with E-state index in [0.29, 0.717) is 6.61 Å². The molecule has 4 nitrogen and oxygen atoms in total. The van der Waals surface area contributed by atoms with Gasteiger partial charge in [0.2, 0.25) is 0 Å². The number of hydrogen-bond acceptors (Lipinski definition) is 4. The molecule has 1 aliphatic rings. The molecule has 0 spiro atoms. The Balaban J connectivity index is 2.10. The smallest absolute Gasteiger partial charge is 0.192 e. The van der Waals surface area contributed by atoms with Gasteiger partial charge in [-0.3, -0.25) is 4.79 Å². The van der Waals surface area contributed by atoms with Crippen LogP contribution in [0, 0.1) is 5.92 Å². The summed E-state index contributed by atoms with van der Waals surface area (Å²) < 4.78 is 18.5. The second-order valence-electron chi connectivity index (χ2n) is 7.44. The summed E-state index contributed by atoms with van der Waals surface area (Å²) in [6.45, 7) is 10.7. The van der Waals surface area contributed by atoms with E-state index in [2.05, 4.69) is 27.7 Å². The van der Waals surface area contributed by atoms with Gasteiger partial charge < -0.3 is 13.9 Å². The zero-order valence-corrected chi connectivity index (χ0v) is 18.3. The third kappa shape index (κ3) is 5.53. The van der Waals surface area contributed by atoms with Crippen LogP contribution < -0.4 is 0 Å². The van der Waals surface area contributed by atoms with Crippen LogP contribution in [-0.2, 0) is 25.3 Å².